The summed E-state index contributed by atoms with van der Waals surface area (Å²) in [5, 5.41) is 0. The molecule has 4 nitrogen and oxygen atoms in total. The third-order valence-electron chi connectivity index (χ3n) is 8.59. The van der Waals surface area contributed by atoms with Crippen molar-refractivity contribution < 1.29 is 19.1 Å². The molecule has 0 aromatic heterocycles. The van der Waals surface area contributed by atoms with E-state index in [1.165, 1.54) is 0 Å². The van der Waals surface area contributed by atoms with Crippen molar-refractivity contribution in [3.8, 4) is 0 Å². The predicted octanol–water partition coefficient (Wildman–Crippen LogP) is 3.59. The van der Waals surface area contributed by atoms with Gasteiger partial charge in [-0.2, -0.15) is 0 Å². The zero-order valence-corrected chi connectivity index (χ0v) is 16.4. The molecule has 1 spiro atoms. The Labute approximate surface area is 156 Å². The number of Topliss-reactive ketones (excluding diaryl/α,β-unsaturated/α-hetero) is 2. The highest BCUT2D eigenvalue weighted by Crippen LogP contribution is 2.70. The molecule has 0 aromatic rings. The fraction of sp³-hybridized carbons (Fsp3) is 0.818. The minimum absolute atomic E-state index is 0.0282. The molecule has 5 fully saturated rings. The lowest BCUT2D eigenvalue weighted by Gasteiger charge is -2.66. The van der Waals surface area contributed by atoms with Gasteiger partial charge in [0.2, 0.25) is 0 Å². The van der Waals surface area contributed by atoms with Gasteiger partial charge in [0.15, 0.2) is 5.78 Å². The Balaban J connectivity index is 1.85. The number of methoxy groups -OCH3 is 2. The van der Waals surface area contributed by atoms with Crippen LogP contribution in [0, 0.1) is 34.0 Å². The Kier molecular flexibility index (Phi) is 4.24. The van der Waals surface area contributed by atoms with Crippen molar-refractivity contribution in [3.05, 3.63) is 12.2 Å². The van der Waals surface area contributed by atoms with E-state index < -0.39 is 5.41 Å². The van der Waals surface area contributed by atoms with Crippen LogP contribution in [0.15, 0.2) is 12.2 Å². The van der Waals surface area contributed by atoms with Gasteiger partial charge in [-0.25, -0.2) is 0 Å². The Morgan fingerprint density at radius 1 is 1.08 bits per heavy atom. The molecule has 2 bridgehead atoms. The molecule has 2 unspecified atom stereocenters. The maximum atomic E-state index is 13.5. The number of ether oxygens (including phenoxy) is 2. The summed E-state index contributed by atoms with van der Waals surface area (Å²) in [5.74, 6) is 0.822. The molecule has 5 rings (SSSR count). The van der Waals surface area contributed by atoms with Crippen molar-refractivity contribution in [2.75, 3.05) is 27.4 Å². The average molecular weight is 360 g/mol. The van der Waals surface area contributed by atoms with Gasteiger partial charge < -0.3 is 9.47 Å². The first-order chi connectivity index (χ1) is 12.4. The smallest absolute Gasteiger partial charge is 0.172 e. The molecular weight excluding hydrogens is 328 g/mol. The predicted molar refractivity (Wildman–Crippen MR) is 98.7 cm³/mol. The maximum Gasteiger partial charge on any atom is 0.172 e. The van der Waals surface area contributed by atoms with Crippen LogP contribution in [-0.4, -0.2) is 39.0 Å². The van der Waals surface area contributed by atoms with Crippen molar-refractivity contribution in [1.29, 1.82) is 0 Å². The summed E-state index contributed by atoms with van der Waals surface area (Å²) in [5.41, 5.74) is -0.225. The normalized spacial score (nSPS) is 47.7. The highest BCUT2D eigenvalue weighted by Gasteiger charge is 2.71. The minimum atomic E-state index is -0.813. The third kappa shape index (κ3) is 2.09. The van der Waals surface area contributed by atoms with Gasteiger partial charge in [-0.3, -0.25) is 9.59 Å². The van der Waals surface area contributed by atoms with Gasteiger partial charge in [0.25, 0.3) is 0 Å². The van der Waals surface area contributed by atoms with Crippen LogP contribution in [0.4, 0.5) is 0 Å². The summed E-state index contributed by atoms with van der Waals surface area (Å²) >= 11 is 0. The number of hydrogen-bond acceptors (Lipinski definition) is 4. The van der Waals surface area contributed by atoms with Crippen molar-refractivity contribution in [3.63, 3.8) is 0 Å². The van der Waals surface area contributed by atoms with Gasteiger partial charge in [0.05, 0.1) is 18.6 Å². The van der Waals surface area contributed by atoms with Gasteiger partial charge in [0.1, 0.15) is 5.78 Å². The molecule has 0 radical (unpaired) electrons. The molecule has 4 heteroatoms. The van der Waals surface area contributed by atoms with Crippen molar-refractivity contribution in [2.45, 2.75) is 51.9 Å². The van der Waals surface area contributed by atoms with E-state index in [0.717, 1.165) is 38.5 Å². The molecule has 144 valence electrons. The van der Waals surface area contributed by atoms with Crippen LogP contribution in [0.1, 0.15) is 51.9 Å². The number of carbonyl (C=O) groups is 2. The van der Waals surface area contributed by atoms with E-state index in [9.17, 15) is 9.59 Å². The standard InChI is InChI=1S/C22H32O4/c1-14-15-6-9-22(19(14)24)17(10-15)21(13-26-4)8-5-7-20(2,12-25-3)16(21)11-18(22)23/h15-17H,1,5-13H2,2-4H3/t15-,16?,17?,20-,21-,22+/m0/s1. The minimum Gasteiger partial charge on any atom is -0.384 e. The lowest BCUT2D eigenvalue weighted by Crippen LogP contribution is -2.68. The summed E-state index contributed by atoms with van der Waals surface area (Å²) in [6, 6.07) is 0. The van der Waals surface area contributed by atoms with E-state index in [0.29, 0.717) is 25.2 Å². The number of hydrogen-bond donors (Lipinski definition) is 0. The first kappa shape index (κ1) is 18.4. The average Bonchev–Trinajstić information content (AvgIpc) is 2.61. The van der Waals surface area contributed by atoms with Crippen LogP contribution in [0.3, 0.4) is 0 Å². The van der Waals surface area contributed by atoms with Crippen LogP contribution in [-0.2, 0) is 19.1 Å². The summed E-state index contributed by atoms with van der Waals surface area (Å²) in [6.45, 7) is 7.66. The quantitative estimate of drug-likeness (QED) is 0.568. The molecule has 5 saturated carbocycles. The Bertz CT molecular complexity index is 647. The first-order valence-electron chi connectivity index (χ1n) is 10.1. The van der Waals surface area contributed by atoms with Crippen LogP contribution < -0.4 is 0 Å². The number of carbonyl (C=O) groups excluding carboxylic acids is 2. The van der Waals surface area contributed by atoms with E-state index in [4.69, 9.17) is 9.47 Å². The molecule has 0 heterocycles. The van der Waals surface area contributed by atoms with Crippen molar-refractivity contribution in [2.24, 2.45) is 34.0 Å². The second-order valence-electron chi connectivity index (χ2n) is 9.64. The lowest BCUT2D eigenvalue weighted by atomic mass is 9.36. The number of ketones is 2. The monoisotopic (exact) mass is 360 g/mol. The van der Waals surface area contributed by atoms with Crippen LogP contribution in [0.5, 0.6) is 0 Å². The van der Waals surface area contributed by atoms with Gasteiger partial charge in [-0.1, -0.05) is 19.9 Å². The first-order valence-corrected chi connectivity index (χ1v) is 10.1. The van der Waals surface area contributed by atoms with Crippen molar-refractivity contribution in [1.82, 2.24) is 0 Å². The summed E-state index contributed by atoms with van der Waals surface area (Å²) in [7, 11) is 3.51. The molecular formula is C22H32O4. The zero-order chi connectivity index (χ0) is 18.7. The number of allylic oxidation sites excluding steroid dienone is 1. The lowest BCUT2D eigenvalue weighted by molar-refractivity contribution is -0.204. The van der Waals surface area contributed by atoms with E-state index in [1.807, 2.05) is 0 Å². The Hall–Kier alpha value is -1.00. The second kappa shape index (κ2) is 6.00. The van der Waals surface area contributed by atoms with E-state index in [-0.39, 0.29) is 40.2 Å². The van der Waals surface area contributed by atoms with Gasteiger partial charge in [-0.05, 0) is 60.8 Å². The molecule has 5 aliphatic rings. The summed E-state index contributed by atoms with van der Waals surface area (Å²) in [6.07, 6.45) is 6.32. The van der Waals surface area contributed by atoms with E-state index in [2.05, 4.69) is 13.5 Å². The number of rotatable bonds is 4. The van der Waals surface area contributed by atoms with Crippen molar-refractivity contribution >= 4 is 11.6 Å². The second-order valence-corrected chi connectivity index (χ2v) is 9.64. The molecule has 5 aliphatic carbocycles. The molecule has 26 heavy (non-hydrogen) atoms. The highest BCUT2D eigenvalue weighted by atomic mass is 16.5. The SMILES string of the molecule is C=C1C(=O)[C@]23CC[C@H]1CC2[C@]1(COC)CCC[C@@](C)(COC)C1CC3=O. The Morgan fingerprint density at radius 2 is 1.81 bits per heavy atom. The molecule has 0 aromatic carbocycles. The summed E-state index contributed by atoms with van der Waals surface area (Å²) < 4.78 is 11.4. The van der Waals surface area contributed by atoms with Gasteiger partial charge >= 0.3 is 0 Å². The third-order valence-corrected chi connectivity index (χ3v) is 8.59. The molecule has 0 saturated heterocycles. The maximum absolute atomic E-state index is 13.5. The van der Waals surface area contributed by atoms with E-state index >= 15 is 0 Å². The largest absolute Gasteiger partial charge is 0.384 e. The fourth-order valence-electron chi connectivity index (χ4n) is 7.57. The highest BCUT2D eigenvalue weighted by molar-refractivity contribution is 6.16. The van der Waals surface area contributed by atoms with Gasteiger partial charge in [-0.15, -0.1) is 0 Å². The van der Waals surface area contributed by atoms with Crippen LogP contribution in [0.2, 0.25) is 0 Å². The molecule has 0 aliphatic heterocycles. The molecule has 0 N–H and O–H groups in total. The topological polar surface area (TPSA) is 52.6 Å². The van der Waals surface area contributed by atoms with Gasteiger partial charge in [0, 0.05) is 26.1 Å². The zero-order valence-electron chi connectivity index (χ0n) is 16.4. The molecule has 6 atom stereocenters. The van der Waals surface area contributed by atoms with E-state index in [1.54, 1.807) is 14.2 Å². The number of fused-ring (bicyclic) bond motifs is 3. The summed E-state index contributed by atoms with van der Waals surface area (Å²) in [4.78, 5) is 26.8. The Morgan fingerprint density at radius 3 is 2.50 bits per heavy atom. The van der Waals surface area contributed by atoms with Crippen LogP contribution in [0.25, 0.3) is 0 Å². The molecule has 0 amide bonds. The fourth-order valence-corrected chi connectivity index (χ4v) is 7.57. The van der Waals surface area contributed by atoms with Crippen LogP contribution >= 0.6 is 0 Å².